The van der Waals surface area contributed by atoms with E-state index in [1.165, 1.54) is 0 Å². The van der Waals surface area contributed by atoms with Gasteiger partial charge in [-0.3, -0.25) is 0 Å². The Bertz CT molecular complexity index is 570. The number of nitrogens with zero attached hydrogens (tertiary/aromatic N) is 1. The molecular weight excluding hydrogens is 331 g/mol. The van der Waals surface area contributed by atoms with Crippen LogP contribution in [0.3, 0.4) is 0 Å². The molecule has 1 aliphatic rings. The highest BCUT2D eigenvalue weighted by molar-refractivity contribution is 7.88. The average Bonchev–Trinajstić information content (AvgIpc) is 2.37. The predicted molar refractivity (Wildman–Crippen MR) is 87.3 cm³/mol. The Labute approximate surface area is 136 Å². The highest BCUT2D eigenvalue weighted by Crippen LogP contribution is 2.24. The van der Waals surface area contributed by atoms with Gasteiger partial charge in [-0.05, 0) is 56.1 Å². The molecule has 0 bridgehead atoms. The number of nitrogens with one attached hydrogen (secondary N) is 1. The van der Waals surface area contributed by atoms with Gasteiger partial charge in [0.1, 0.15) is 0 Å². The Morgan fingerprint density at radius 2 is 1.95 bits per heavy atom. The Kier molecular flexibility index (Phi) is 5.91. The van der Waals surface area contributed by atoms with E-state index in [1.807, 2.05) is 7.05 Å². The zero-order valence-electron chi connectivity index (χ0n) is 12.0. The molecule has 21 heavy (non-hydrogen) atoms. The summed E-state index contributed by atoms with van der Waals surface area (Å²) in [6.45, 7) is 2.02. The fraction of sp³-hybridized carbons (Fsp3) is 0.571. The van der Waals surface area contributed by atoms with Crippen LogP contribution in [0.25, 0.3) is 0 Å². The topological polar surface area (TPSA) is 49.4 Å². The number of sulfonamides is 1. The van der Waals surface area contributed by atoms with Crippen molar-refractivity contribution in [2.75, 3.05) is 26.7 Å². The van der Waals surface area contributed by atoms with Crippen LogP contribution in [0.1, 0.15) is 18.4 Å². The van der Waals surface area contributed by atoms with Crippen LogP contribution in [0.15, 0.2) is 18.2 Å². The van der Waals surface area contributed by atoms with E-state index < -0.39 is 10.0 Å². The summed E-state index contributed by atoms with van der Waals surface area (Å²) in [6.07, 6.45) is 1.97. The first kappa shape index (κ1) is 17.0. The minimum atomic E-state index is -3.33. The van der Waals surface area contributed by atoms with Crippen molar-refractivity contribution in [3.8, 4) is 0 Å². The van der Waals surface area contributed by atoms with Gasteiger partial charge in [0.15, 0.2) is 0 Å². The van der Waals surface area contributed by atoms with E-state index in [2.05, 4.69) is 5.32 Å². The second-order valence-corrected chi connectivity index (χ2v) is 8.30. The third-order valence-electron chi connectivity index (χ3n) is 3.64. The summed E-state index contributed by atoms with van der Waals surface area (Å²) in [4.78, 5) is 0. The number of piperidine rings is 1. The van der Waals surface area contributed by atoms with Gasteiger partial charge in [-0.2, -0.15) is 0 Å². The van der Waals surface area contributed by atoms with Gasteiger partial charge >= 0.3 is 0 Å². The van der Waals surface area contributed by atoms with Crippen LogP contribution in [-0.2, 0) is 15.8 Å². The molecule has 1 heterocycles. The Morgan fingerprint density at radius 1 is 1.29 bits per heavy atom. The van der Waals surface area contributed by atoms with E-state index in [4.69, 9.17) is 23.2 Å². The quantitative estimate of drug-likeness (QED) is 0.888. The summed E-state index contributed by atoms with van der Waals surface area (Å²) >= 11 is 11.9. The molecule has 0 aromatic heterocycles. The van der Waals surface area contributed by atoms with Crippen molar-refractivity contribution in [3.05, 3.63) is 33.8 Å². The molecule has 1 N–H and O–H groups in total. The third-order valence-corrected chi connectivity index (χ3v) is 5.89. The van der Waals surface area contributed by atoms with E-state index in [0.29, 0.717) is 34.6 Å². The van der Waals surface area contributed by atoms with E-state index in [-0.39, 0.29) is 5.75 Å². The van der Waals surface area contributed by atoms with Crippen molar-refractivity contribution in [2.24, 2.45) is 5.92 Å². The molecule has 1 unspecified atom stereocenters. The molecule has 0 radical (unpaired) electrons. The maximum atomic E-state index is 12.5. The first-order valence-corrected chi connectivity index (χ1v) is 9.34. The van der Waals surface area contributed by atoms with E-state index in [0.717, 1.165) is 19.4 Å². The van der Waals surface area contributed by atoms with Crippen LogP contribution >= 0.6 is 23.2 Å². The second kappa shape index (κ2) is 7.29. The maximum absolute atomic E-state index is 12.5. The molecule has 1 aromatic rings. The van der Waals surface area contributed by atoms with E-state index >= 15 is 0 Å². The molecule has 1 atom stereocenters. The predicted octanol–water partition coefficient (Wildman–Crippen LogP) is 2.75. The fourth-order valence-electron chi connectivity index (χ4n) is 2.73. The number of halogens is 2. The van der Waals surface area contributed by atoms with Crippen LogP contribution in [0, 0.1) is 5.92 Å². The normalized spacial score (nSPS) is 20.6. The summed E-state index contributed by atoms with van der Waals surface area (Å²) in [6, 6.07) is 4.91. The lowest BCUT2D eigenvalue weighted by Crippen LogP contribution is -2.42. The molecule has 7 heteroatoms. The molecule has 2 rings (SSSR count). The van der Waals surface area contributed by atoms with Gasteiger partial charge in [-0.25, -0.2) is 12.7 Å². The number of rotatable bonds is 5. The molecule has 0 aliphatic carbocycles. The van der Waals surface area contributed by atoms with Crippen molar-refractivity contribution in [3.63, 3.8) is 0 Å². The van der Waals surface area contributed by atoms with Crippen molar-refractivity contribution in [1.29, 1.82) is 0 Å². The lowest BCUT2D eigenvalue weighted by atomic mass is 10.00. The lowest BCUT2D eigenvalue weighted by molar-refractivity contribution is 0.263. The average molecular weight is 351 g/mol. The molecule has 1 fully saturated rings. The van der Waals surface area contributed by atoms with Crippen molar-refractivity contribution in [2.45, 2.75) is 18.6 Å². The molecule has 1 aromatic carbocycles. The number of hydrogen-bond acceptors (Lipinski definition) is 3. The van der Waals surface area contributed by atoms with Gasteiger partial charge < -0.3 is 5.32 Å². The number of hydrogen-bond donors (Lipinski definition) is 1. The zero-order chi connectivity index (χ0) is 15.5. The van der Waals surface area contributed by atoms with Crippen LogP contribution in [0.4, 0.5) is 0 Å². The SMILES string of the molecule is CNCC1CCCN(S(=O)(=O)Cc2cc(Cl)cc(Cl)c2)C1. The largest absolute Gasteiger partial charge is 0.319 e. The highest BCUT2D eigenvalue weighted by Gasteiger charge is 2.28. The molecular formula is C14H20Cl2N2O2S. The minimum absolute atomic E-state index is 0.0560. The van der Waals surface area contributed by atoms with Gasteiger partial charge in [0.2, 0.25) is 10.0 Å². The van der Waals surface area contributed by atoms with Crippen molar-refractivity contribution < 1.29 is 8.42 Å². The smallest absolute Gasteiger partial charge is 0.218 e. The van der Waals surface area contributed by atoms with Crippen LogP contribution in [-0.4, -0.2) is 39.4 Å². The van der Waals surface area contributed by atoms with Gasteiger partial charge in [-0.15, -0.1) is 0 Å². The molecule has 0 amide bonds. The summed E-state index contributed by atoms with van der Waals surface area (Å²) < 4.78 is 26.7. The Morgan fingerprint density at radius 3 is 2.57 bits per heavy atom. The summed E-state index contributed by atoms with van der Waals surface area (Å²) in [7, 11) is -1.44. The Hall–Kier alpha value is -0.330. The zero-order valence-corrected chi connectivity index (χ0v) is 14.3. The summed E-state index contributed by atoms with van der Waals surface area (Å²) in [5.41, 5.74) is 0.628. The van der Waals surface area contributed by atoms with Gasteiger partial charge in [-0.1, -0.05) is 23.2 Å². The molecule has 0 saturated carbocycles. The third kappa shape index (κ3) is 4.83. The van der Waals surface area contributed by atoms with Crippen LogP contribution in [0.5, 0.6) is 0 Å². The highest BCUT2D eigenvalue weighted by atomic mass is 35.5. The van der Waals surface area contributed by atoms with Crippen LogP contribution in [0.2, 0.25) is 10.0 Å². The number of benzene rings is 1. The van der Waals surface area contributed by atoms with Crippen molar-refractivity contribution >= 4 is 33.2 Å². The fourth-order valence-corrected chi connectivity index (χ4v) is 4.92. The maximum Gasteiger partial charge on any atom is 0.218 e. The molecule has 1 aliphatic heterocycles. The molecule has 4 nitrogen and oxygen atoms in total. The van der Waals surface area contributed by atoms with Gasteiger partial charge in [0, 0.05) is 23.1 Å². The van der Waals surface area contributed by atoms with E-state index in [9.17, 15) is 8.42 Å². The molecule has 1 saturated heterocycles. The molecule has 118 valence electrons. The Balaban J connectivity index is 2.10. The second-order valence-electron chi connectivity index (χ2n) is 5.46. The van der Waals surface area contributed by atoms with Gasteiger partial charge in [0.25, 0.3) is 0 Å². The summed E-state index contributed by atoms with van der Waals surface area (Å²) in [5, 5.41) is 4.03. The van der Waals surface area contributed by atoms with E-state index in [1.54, 1.807) is 22.5 Å². The van der Waals surface area contributed by atoms with Crippen LogP contribution < -0.4 is 5.32 Å². The monoisotopic (exact) mass is 350 g/mol. The van der Waals surface area contributed by atoms with Crippen molar-refractivity contribution in [1.82, 2.24) is 9.62 Å². The lowest BCUT2D eigenvalue weighted by Gasteiger charge is -2.31. The minimum Gasteiger partial charge on any atom is -0.319 e. The first-order chi connectivity index (χ1) is 9.90. The standard InChI is InChI=1S/C14H20Cl2N2O2S/c1-17-8-11-3-2-4-18(9-11)21(19,20)10-12-5-13(15)7-14(16)6-12/h5-7,11,17H,2-4,8-10H2,1H3. The first-order valence-electron chi connectivity index (χ1n) is 6.98. The van der Waals surface area contributed by atoms with Gasteiger partial charge in [0.05, 0.1) is 5.75 Å². The summed E-state index contributed by atoms with van der Waals surface area (Å²) in [5.74, 6) is 0.320. The molecule has 0 spiro atoms.